The van der Waals surface area contributed by atoms with Crippen LogP contribution in [0.5, 0.6) is 11.5 Å². The van der Waals surface area contributed by atoms with Gasteiger partial charge in [-0.15, -0.1) is 0 Å². The monoisotopic (exact) mass is 291 g/mol. The standard InChI is InChI=1S/C11H15BrFNO2/c1-6(14)4-7-5-8(13)11(16-3)9(12)10(7)15-2/h5-6H,4,14H2,1-3H3. The van der Waals surface area contributed by atoms with Gasteiger partial charge in [0.2, 0.25) is 0 Å². The topological polar surface area (TPSA) is 44.5 Å². The molecule has 5 heteroatoms. The van der Waals surface area contributed by atoms with Crippen molar-refractivity contribution in [2.45, 2.75) is 19.4 Å². The van der Waals surface area contributed by atoms with E-state index in [-0.39, 0.29) is 11.8 Å². The third kappa shape index (κ3) is 2.65. The molecule has 1 rings (SSSR count). The lowest BCUT2D eigenvalue weighted by Crippen LogP contribution is -2.18. The molecular weight excluding hydrogens is 277 g/mol. The first-order valence-corrected chi connectivity index (χ1v) is 5.65. The van der Waals surface area contributed by atoms with Gasteiger partial charge in [-0.25, -0.2) is 4.39 Å². The van der Waals surface area contributed by atoms with Crippen molar-refractivity contribution in [3.63, 3.8) is 0 Å². The first-order chi connectivity index (χ1) is 7.51. The van der Waals surface area contributed by atoms with Gasteiger partial charge in [0.15, 0.2) is 11.6 Å². The fourth-order valence-electron chi connectivity index (χ4n) is 1.54. The first-order valence-electron chi connectivity index (χ1n) is 4.85. The molecule has 0 saturated heterocycles. The molecule has 0 aliphatic heterocycles. The van der Waals surface area contributed by atoms with Crippen molar-refractivity contribution >= 4 is 15.9 Å². The number of hydrogen-bond acceptors (Lipinski definition) is 3. The minimum atomic E-state index is -0.425. The van der Waals surface area contributed by atoms with Gasteiger partial charge >= 0.3 is 0 Å². The molecule has 1 atom stereocenters. The Kier molecular flexibility index (Phi) is 4.56. The molecule has 1 unspecified atom stereocenters. The van der Waals surface area contributed by atoms with Gasteiger partial charge in [0.25, 0.3) is 0 Å². The summed E-state index contributed by atoms with van der Waals surface area (Å²) in [6, 6.07) is 1.33. The van der Waals surface area contributed by atoms with Gasteiger partial charge in [0.1, 0.15) is 10.2 Å². The van der Waals surface area contributed by atoms with Crippen LogP contribution in [-0.2, 0) is 6.42 Å². The second-order valence-electron chi connectivity index (χ2n) is 3.58. The summed E-state index contributed by atoms with van der Waals surface area (Å²) in [4.78, 5) is 0. The lowest BCUT2D eigenvalue weighted by Gasteiger charge is -2.15. The minimum absolute atomic E-state index is 0.0615. The number of benzene rings is 1. The Morgan fingerprint density at radius 1 is 1.38 bits per heavy atom. The number of rotatable bonds is 4. The maximum atomic E-state index is 13.6. The van der Waals surface area contributed by atoms with Crippen LogP contribution in [-0.4, -0.2) is 20.3 Å². The Balaban J connectivity index is 3.29. The fraction of sp³-hybridized carbons (Fsp3) is 0.455. The third-order valence-electron chi connectivity index (χ3n) is 2.16. The highest BCUT2D eigenvalue weighted by Gasteiger charge is 2.18. The highest BCUT2D eigenvalue weighted by molar-refractivity contribution is 9.10. The van der Waals surface area contributed by atoms with Crippen molar-refractivity contribution < 1.29 is 13.9 Å². The Morgan fingerprint density at radius 2 is 1.94 bits per heavy atom. The maximum Gasteiger partial charge on any atom is 0.172 e. The third-order valence-corrected chi connectivity index (χ3v) is 2.88. The predicted octanol–water partition coefficient (Wildman–Crippen LogP) is 2.50. The smallest absolute Gasteiger partial charge is 0.172 e. The van der Waals surface area contributed by atoms with E-state index in [9.17, 15) is 4.39 Å². The molecule has 0 saturated carbocycles. The number of hydrogen-bond donors (Lipinski definition) is 1. The van der Waals surface area contributed by atoms with E-state index in [1.807, 2.05) is 6.92 Å². The number of nitrogens with two attached hydrogens (primary N) is 1. The molecular formula is C11H15BrFNO2. The summed E-state index contributed by atoms with van der Waals surface area (Å²) in [6.07, 6.45) is 0.544. The molecule has 0 amide bonds. The van der Waals surface area contributed by atoms with E-state index >= 15 is 0 Å². The molecule has 2 N–H and O–H groups in total. The summed E-state index contributed by atoms with van der Waals surface area (Å²) in [7, 11) is 2.94. The zero-order valence-electron chi connectivity index (χ0n) is 9.51. The molecule has 0 aliphatic carbocycles. The second-order valence-corrected chi connectivity index (χ2v) is 4.37. The molecule has 3 nitrogen and oxygen atoms in total. The molecule has 1 aromatic carbocycles. The normalized spacial score (nSPS) is 12.4. The summed E-state index contributed by atoms with van der Waals surface area (Å²) in [5.74, 6) is 0.284. The Morgan fingerprint density at radius 3 is 2.38 bits per heavy atom. The van der Waals surface area contributed by atoms with Crippen molar-refractivity contribution in [2.24, 2.45) is 5.73 Å². The number of ether oxygens (including phenoxy) is 2. The van der Waals surface area contributed by atoms with E-state index in [4.69, 9.17) is 15.2 Å². The molecule has 16 heavy (non-hydrogen) atoms. The Bertz CT molecular complexity index is 383. The quantitative estimate of drug-likeness (QED) is 0.927. The van der Waals surface area contributed by atoms with E-state index < -0.39 is 5.82 Å². The molecule has 0 aromatic heterocycles. The van der Waals surface area contributed by atoms with Crippen LogP contribution < -0.4 is 15.2 Å². The van der Waals surface area contributed by atoms with E-state index in [2.05, 4.69) is 15.9 Å². The predicted molar refractivity (Wildman–Crippen MR) is 64.6 cm³/mol. The molecule has 0 heterocycles. The van der Waals surface area contributed by atoms with Gasteiger partial charge in [0, 0.05) is 6.04 Å². The largest absolute Gasteiger partial charge is 0.495 e. The van der Waals surface area contributed by atoms with E-state index in [1.54, 1.807) is 0 Å². The molecule has 0 aliphatic rings. The van der Waals surface area contributed by atoms with Gasteiger partial charge in [-0.1, -0.05) is 0 Å². The van der Waals surface area contributed by atoms with Crippen LogP contribution in [0.15, 0.2) is 10.5 Å². The van der Waals surface area contributed by atoms with Crippen molar-refractivity contribution in [1.29, 1.82) is 0 Å². The van der Waals surface area contributed by atoms with Crippen molar-refractivity contribution in [2.75, 3.05) is 14.2 Å². The van der Waals surface area contributed by atoms with Crippen LogP contribution in [0.3, 0.4) is 0 Å². The lowest BCUT2D eigenvalue weighted by molar-refractivity contribution is 0.366. The van der Waals surface area contributed by atoms with Crippen LogP contribution in [0.1, 0.15) is 12.5 Å². The van der Waals surface area contributed by atoms with Gasteiger partial charge in [-0.05, 0) is 40.9 Å². The van der Waals surface area contributed by atoms with Crippen LogP contribution in [0.2, 0.25) is 0 Å². The van der Waals surface area contributed by atoms with E-state index in [1.165, 1.54) is 20.3 Å². The van der Waals surface area contributed by atoms with Crippen LogP contribution in [0.4, 0.5) is 4.39 Å². The zero-order chi connectivity index (χ0) is 12.3. The fourth-order valence-corrected chi connectivity index (χ4v) is 2.31. The van der Waals surface area contributed by atoms with Gasteiger partial charge in [0.05, 0.1) is 14.2 Å². The number of methoxy groups -OCH3 is 2. The number of halogens is 2. The van der Waals surface area contributed by atoms with Gasteiger partial charge < -0.3 is 15.2 Å². The Labute approximate surface area is 103 Å². The zero-order valence-corrected chi connectivity index (χ0v) is 11.1. The van der Waals surface area contributed by atoms with Crippen molar-refractivity contribution in [3.8, 4) is 11.5 Å². The first kappa shape index (κ1) is 13.3. The summed E-state index contributed by atoms with van der Waals surface area (Å²) < 4.78 is 24.3. The molecule has 0 radical (unpaired) electrons. The Hall–Kier alpha value is -0.810. The van der Waals surface area contributed by atoms with Crippen LogP contribution >= 0.6 is 15.9 Å². The van der Waals surface area contributed by atoms with Crippen molar-refractivity contribution in [3.05, 3.63) is 21.9 Å². The molecule has 0 bridgehead atoms. The molecule has 90 valence electrons. The van der Waals surface area contributed by atoms with Crippen LogP contribution in [0, 0.1) is 5.82 Å². The summed E-state index contributed by atoms with van der Waals surface area (Å²) in [5.41, 5.74) is 6.42. The van der Waals surface area contributed by atoms with Gasteiger partial charge in [-0.3, -0.25) is 0 Å². The summed E-state index contributed by atoms with van der Waals surface area (Å²) >= 11 is 3.26. The molecule has 0 fully saturated rings. The lowest BCUT2D eigenvalue weighted by atomic mass is 10.1. The molecule has 0 spiro atoms. The van der Waals surface area contributed by atoms with Gasteiger partial charge in [-0.2, -0.15) is 0 Å². The average molecular weight is 292 g/mol. The summed E-state index contributed by atoms with van der Waals surface area (Å²) in [6.45, 7) is 1.86. The van der Waals surface area contributed by atoms with E-state index in [0.717, 1.165) is 5.56 Å². The summed E-state index contributed by atoms with van der Waals surface area (Å²) in [5, 5.41) is 0. The van der Waals surface area contributed by atoms with E-state index in [0.29, 0.717) is 16.6 Å². The van der Waals surface area contributed by atoms with Crippen molar-refractivity contribution in [1.82, 2.24) is 0 Å². The minimum Gasteiger partial charge on any atom is -0.495 e. The average Bonchev–Trinajstić information content (AvgIpc) is 2.17. The highest BCUT2D eigenvalue weighted by Crippen LogP contribution is 2.39. The highest BCUT2D eigenvalue weighted by atomic mass is 79.9. The SMILES string of the molecule is COc1c(F)cc(CC(C)N)c(OC)c1Br. The maximum absolute atomic E-state index is 13.6. The second kappa shape index (κ2) is 5.50. The van der Waals surface area contributed by atoms with Crippen LogP contribution in [0.25, 0.3) is 0 Å². The molecule has 1 aromatic rings.